The Morgan fingerprint density at radius 1 is 0.946 bits per heavy atom. The zero-order valence-electron chi connectivity index (χ0n) is 20.3. The first kappa shape index (κ1) is 27.4. The Morgan fingerprint density at radius 2 is 1.68 bits per heavy atom. The van der Waals surface area contributed by atoms with Crippen molar-refractivity contribution in [3.05, 3.63) is 87.9 Å². The van der Waals surface area contributed by atoms with E-state index in [0.29, 0.717) is 51.4 Å². The van der Waals surface area contributed by atoms with E-state index >= 15 is 0 Å². The van der Waals surface area contributed by atoms with Crippen molar-refractivity contribution in [3.63, 3.8) is 0 Å². The van der Waals surface area contributed by atoms with Gasteiger partial charge in [-0.05, 0) is 82.5 Å². The minimum atomic E-state index is -0.540. The summed E-state index contributed by atoms with van der Waals surface area (Å²) in [4.78, 5) is 36.5. The highest BCUT2D eigenvalue weighted by molar-refractivity contribution is 9.10. The number of hydrogen-bond donors (Lipinski definition) is 2. The number of benzene rings is 3. The number of carbonyl (C=O) groups is 3. The first-order valence-corrected chi connectivity index (χ1v) is 12.1. The third-order valence-corrected chi connectivity index (χ3v) is 5.79. The summed E-state index contributed by atoms with van der Waals surface area (Å²) in [5.74, 6) is 0.275. The van der Waals surface area contributed by atoms with Gasteiger partial charge in [-0.3, -0.25) is 9.59 Å². The Morgan fingerprint density at radius 3 is 2.38 bits per heavy atom. The molecule has 0 saturated carbocycles. The topological polar surface area (TPSA) is 115 Å². The van der Waals surface area contributed by atoms with Crippen molar-refractivity contribution in [2.75, 3.05) is 20.8 Å². The maximum atomic E-state index is 12.4. The molecule has 0 radical (unpaired) electrons. The number of nitrogens with zero attached hydrogens (tertiary/aromatic N) is 1. The second kappa shape index (κ2) is 13.8. The third-order valence-electron chi connectivity index (χ3n) is 5.10. The minimum Gasteiger partial charge on any atom is -0.493 e. The van der Waals surface area contributed by atoms with Crippen LogP contribution in [0, 0.1) is 0 Å². The molecule has 0 atom stereocenters. The first-order valence-electron chi connectivity index (χ1n) is 11.3. The molecule has 2 N–H and O–H groups in total. The molecule has 0 aliphatic rings. The van der Waals surface area contributed by atoms with E-state index in [-0.39, 0.29) is 18.2 Å². The highest BCUT2D eigenvalue weighted by Crippen LogP contribution is 2.28. The maximum Gasteiger partial charge on any atom is 0.343 e. The number of hydrogen-bond acceptors (Lipinski definition) is 7. The molecule has 3 aromatic carbocycles. The average molecular weight is 568 g/mol. The van der Waals surface area contributed by atoms with Crippen molar-refractivity contribution < 1.29 is 28.6 Å². The monoisotopic (exact) mass is 567 g/mol. The molecule has 37 heavy (non-hydrogen) atoms. The van der Waals surface area contributed by atoms with Crippen molar-refractivity contribution in [2.24, 2.45) is 5.10 Å². The molecule has 0 fully saturated rings. The van der Waals surface area contributed by atoms with E-state index in [2.05, 4.69) is 31.8 Å². The summed E-state index contributed by atoms with van der Waals surface area (Å²) in [5.41, 5.74) is 4.01. The Bertz CT molecular complexity index is 1280. The molecule has 192 valence electrons. The van der Waals surface area contributed by atoms with Gasteiger partial charge < -0.3 is 19.5 Å². The van der Waals surface area contributed by atoms with Gasteiger partial charge in [-0.2, -0.15) is 5.10 Å². The summed E-state index contributed by atoms with van der Waals surface area (Å²) >= 11 is 3.34. The van der Waals surface area contributed by atoms with Crippen LogP contribution in [-0.2, 0) is 4.79 Å². The van der Waals surface area contributed by atoms with Gasteiger partial charge in [0.05, 0.1) is 31.6 Å². The molecule has 0 aliphatic heterocycles. The predicted octanol–water partition coefficient (Wildman–Crippen LogP) is 4.35. The summed E-state index contributed by atoms with van der Waals surface area (Å²) in [7, 11) is 3.00. The molecule has 0 bridgehead atoms. The van der Waals surface area contributed by atoms with Crippen molar-refractivity contribution in [1.82, 2.24) is 10.7 Å². The Kier molecular flexibility index (Phi) is 10.2. The van der Waals surface area contributed by atoms with Gasteiger partial charge in [0.1, 0.15) is 5.75 Å². The molecule has 3 aromatic rings. The van der Waals surface area contributed by atoms with Crippen LogP contribution in [0.25, 0.3) is 0 Å². The van der Waals surface area contributed by atoms with E-state index in [4.69, 9.17) is 14.2 Å². The molecule has 0 unspecified atom stereocenters. The van der Waals surface area contributed by atoms with Crippen LogP contribution in [0.5, 0.6) is 17.2 Å². The number of hydrazone groups is 1. The molecule has 0 aromatic heterocycles. The summed E-state index contributed by atoms with van der Waals surface area (Å²) < 4.78 is 16.5. The van der Waals surface area contributed by atoms with Crippen LogP contribution in [0.3, 0.4) is 0 Å². The van der Waals surface area contributed by atoms with Gasteiger partial charge >= 0.3 is 5.97 Å². The molecular weight excluding hydrogens is 542 g/mol. The number of nitrogens with one attached hydrogen (secondary N) is 2. The summed E-state index contributed by atoms with van der Waals surface area (Å²) in [6, 6.07) is 18.5. The zero-order chi connectivity index (χ0) is 26.6. The van der Waals surface area contributed by atoms with E-state index in [1.54, 1.807) is 60.7 Å². The van der Waals surface area contributed by atoms with Crippen LogP contribution in [0.4, 0.5) is 0 Å². The lowest BCUT2D eigenvalue weighted by molar-refractivity contribution is -0.121. The Hall–Kier alpha value is -4.18. The van der Waals surface area contributed by atoms with Crippen molar-refractivity contribution in [3.8, 4) is 17.2 Å². The average Bonchev–Trinajstić information content (AvgIpc) is 2.91. The number of carbonyl (C=O) groups excluding carboxylic acids is 3. The van der Waals surface area contributed by atoms with Gasteiger partial charge in [-0.1, -0.05) is 12.1 Å². The van der Waals surface area contributed by atoms with Gasteiger partial charge in [0.2, 0.25) is 5.91 Å². The van der Waals surface area contributed by atoms with E-state index in [0.717, 1.165) is 0 Å². The highest BCUT2D eigenvalue weighted by atomic mass is 79.9. The largest absolute Gasteiger partial charge is 0.493 e. The summed E-state index contributed by atoms with van der Waals surface area (Å²) in [6.07, 6.45) is 2.16. The second-order valence-electron chi connectivity index (χ2n) is 7.66. The van der Waals surface area contributed by atoms with Crippen molar-refractivity contribution in [2.45, 2.75) is 12.8 Å². The molecule has 0 heterocycles. The smallest absolute Gasteiger partial charge is 0.343 e. The highest BCUT2D eigenvalue weighted by Gasteiger charge is 2.13. The third kappa shape index (κ3) is 8.18. The quantitative estimate of drug-likeness (QED) is 0.117. The first-order chi connectivity index (χ1) is 17.9. The Balaban J connectivity index is 1.40. The van der Waals surface area contributed by atoms with E-state index < -0.39 is 5.97 Å². The van der Waals surface area contributed by atoms with Crippen molar-refractivity contribution in [1.29, 1.82) is 0 Å². The van der Waals surface area contributed by atoms with E-state index in [9.17, 15) is 14.4 Å². The fourth-order valence-electron chi connectivity index (χ4n) is 3.18. The summed E-state index contributed by atoms with van der Waals surface area (Å²) in [6.45, 7) is 0.362. The van der Waals surface area contributed by atoms with Gasteiger partial charge in [0, 0.05) is 17.4 Å². The normalized spacial score (nSPS) is 10.6. The molecular formula is C27H26BrN3O6. The minimum absolute atomic E-state index is 0.205. The fraction of sp³-hybridized carbons (Fsp3) is 0.185. The van der Waals surface area contributed by atoms with Crippen LogP contribution in [0.2, 0.25) is 0 Å². The number of rotatable bonds is 11. The molecule has 0 saturated heterocycles. The number of ether oxygens (including phenoxy) is 3. The standard InChI is InChI=1S/C27H26BrN3O6/c1-35-23-14-11-19(16-24(23)36-2)27(34)37-20-12-9-18(10-13-20)17-30-31-25(32)8-5-15-29-26(33)21-6-3-4-7-22(21)28/h3-4,6-7,9-14,16-17H,5,8,15H2,1-2H3,(H,29,33)(H,31,32)/b30-17+. The molecule has 3 rings (SSSR count). The number of esters is 1. The number of methoxy groups -OCH3 is 2. The Labute approximate surface area is 222 Å². The van der Waals surface area contributed by atoms with Gasteiger partial charge in [0.25, 0.3) is 5.91 Å². The lowest BCUT2D eigenvalue weighted by Crippen LogP contribution is -2.26. The molecule has 10 heteroatoms. The van der Waals surface area contributed by atoms with E-state index in [1.165, 1.54) is 20.4 Å². The van der Waals surface area contributed by atoms with Crippen molar-refractivity contribution >= 4 is 39.9 Å². The van der Waals surface area contributed by atoms with Crippen LogP contribution < -0.4 is 25.0 Å². The zero-order valence-corrected chi connectivity index (χ0v) is 21.9. The second-order valence-corrected chi connectivity index (χ2v) is 8.52. The molecule has 9 nitrogen and oxygen atoms in total. The van der Waals surface area contributed by atoms with Gasteiger partial charge in [0.15, 0.2) is 11.5 Å². The number of amides is 2. The fourth-order valence-corrected chi connectivity index (χ4v) is 3.64. The molecule has 0 spiro atoms. The number of halogens is 1. The maximum absolute atomic E-state index is 12.4. The lowest BCUT2D eigenvalue weighted by Gasteiger charge is -2.09. The lowest BCUT2D eigenvalue weighted by atomic mass is 10.2. The van der Waals surface area contributed by atoms with Crippen LogP contribution >= 0.6 is 15.9 Å². The van der Waals surface area contributed by atoms with Gasteiger partial charge in [-0.15, -0.1) is 0 Å². The summed E-state index contributed by atoms with van der Waals surface area (Å²) in [5, 5.41) is 6.72. The predicted molar refractivity (Wildman–Crippen MR) is 142 cm³/mol. The molecule has 2 amide bonds. The SMILES string of the molecule is COc1ccc(C(=O)Oc2ccc(/C=N/NC(=O)CCCNC(=O)c3ccccc3Br)cc2)cc1OC. The van der Waals surface area contributed by atoms with Gasteiger partial charge in [-0.25, -0.2) is 10.2 Å². The molecule has 0 aliphatic carbocycles. The van der Waals surface area contributed by atoms with Crippen LogP contribution in [0.1, 0.15) is 39.1 Å². The van der Waals surface area contributed by atoms with Crippen LogP contribution in [-0.4, -0.2) is 44.8 Å². The van der Waals surface area contributed by atoms with E-state index in [1.807, 2.05) is 6.07 Å². The van der Waals surface area contributed by atoms with Crippen LogP contribution in [0.15, 0.2) is 76.3 Å².